The number of ether oxygens (including phenoxy) is 1. The third-order valence-electron chi connectivity index (χ3n) is 5.36. The minimum atomic E-state index is -0.744. The van der Waals surface area contributed by atoms with Crippen molar-refractivity contribution in [1.82, 2.24) is 9.78 Å². The molecule has 2 aliphatic rings. The molecule has 3 heterocycles. The molecule has 5 heteroatoms. The van der Waals surface area contributed by atoms with E-state index in [1.54, 1.807) is 4.68 Å². The summed E-state index contributed by atoms with van der Waals surface area (Å²) in [6.45, 7) is 1.20. The molecule has 5 nitrogen and oxygen atoms in total. The summed E-state index contributed by atoms with van der Waals surface area (Å²) in [5.41, 5.74) is 4.53. The summed E-state index contributed by atoms with van der Waals surface area (Å²) in [6.07, 6.45) is 4.61. The van der Waals surface area contributed by atoms with Gasteiger partial charge in [0.15, 0.2) is 5.60 Å². The lowest BCUT2D eigenvalue weighted by molar-refractivity contribution is -0.174. The number of carbonyl (C=O) groups excluding carboxylic acids is 1. The van der Waals surface area contributed by atoms with E-state index in [4.69, 9.17) is 4.74 Å². The van der Waals surface area contributed by atoms with E-state index in [2.05, 4.69) is 29.4 Å². The summed E-state index contributed by atoms with van der Waals surface area (Å²) in [6, 6.07) is 16.3. The summed E-state index contributed by atoms with van der Waals surface area (Å²) in [5.74, 6) is 0.0567. The highest BCUT2D eigenvalue weighted by Crippen LogP contribution is 2.49. The number of anilines is 1. The monoisotopic (exact) mass is 345 g/mol. The SMILES string of the molecule is Cn1cc(-c2ccc(CN3C(=O)C4(CCO4)c4ccccc43)cc2)cn1. The number of benzene rings is 2. The summed E-state index contributed by atoms with van der Waals surface area (Å²) >= 11 is 0. The molecular weight excluding hydrogens is 326 g/mol. The molecule has 5 rings (SSSR count). The largest absolute Gasteiger partial charge is 0.360 e. The number of aromatic nitrogens is 2. The third-order valence-corrected chi connectivity index (χ3v) is 5.36. The van der Waals surface area contributed by atoms with E-state index < -0.39 is 5.60 Å². The van der Waals surface area contributed by atoms with Gasteiger partial charge in [0.05, 0.1) is 25.0 Å². The van der Waals surface area contributed by atoms with Crippen LogP contribution in [0.1, 0.15) is 17.5 Å². The lowest BCUT2D eigenvalue weighted by atomic mass is 9.88. The minimum absolute atomic E-state index is 0.0567. The Bertz CT molecular complexity index is 987. The summed E-state index contributed by atoms with van der Waals surface area (Å²) < 4.78 is 7.56. The van der Waals surface area contributed by atoms with Gasteiger partial charge < -0.3 is 9.64 Å². The predicted molar refractivity (Wildman–Crippen MR) is 98.5 cm³/mol. The van der Waals surface area contributed by atoms with Gasteiger partial charge in [0.2, 0.25) is 0 Å². The molecule has 1 fully saturated rings. The van der Waals surface area contributed by atoms with Crippen LogP contribution in [0.25, 0.3) is 11.1 Å². The normalized spacial score (nSPS) is 21.1. The first kappa shape index (κ1) is 15.3. The molecule has 1 aromatic heterocycles. The zero-order chi connectivity index (χ0) is 17.7. The average molecular weight is 345 g/mol. The van der Waals surface area contributed by atoms with Gasteiger partial charge in [-0.25, -0.2) is 0 Å². The molecule has 3 aromatic rings. The lowest BCUT2D eigenvalue weighted by Gasteiger charge is -2.37. The summed E-state index contributed by atoms with van der Waals surface area (Å²) in [4.78, 5) is 14.9. The van der Waals surface area contributed by atoms with E-state index in [0.29, 0.717) is 13.2 Å². The molecule has 1 atom stereocenters. The molecule has 0 aliphatic carbocycles. The molecule has 0 saturated carbocycles. The van der Waals surface area contributed by atoms with Crippen LogP contribution in [0.2, 0.25) is 0 Å². The van der Waals surface area contributed by atoms with Gasteiger partial charge in [-0.2, -0.15) is 5.10 Å². The van der Waals surface area contributed by atoms with Gasteiger partial charge in [-0.3, -0.25) is 9.48 Å². The fraction of sp³-hybridized carbons (Fsp3) is 0.238. The molecule has 2 aliphatic heterocycles. The van der Waals surface area contributed by atoms with E-state index in [9.17, 15) is 4.79 Å². The Kier molecular flexibility index (Phi) is 3.27. The van der Waals surface area contributed by atoms with E-state index in [1.807, 2.05) is 48.6 Å². The van der Waals surface area contributed by atoms with Crippen LogP contribution in [0.5, 0.6) is 0 Å². The van der Waals surface area contributed by atoms with Gasteiger partial charge in [-0.1, -0.05) is 42.5 Å². The highest BCUT2D eigenvalue weighted by molar-refractivity contribution is 6.07. The van der Waals surface area contributed by atoms with Crippen LogP contribution in [0.4, 0.5) is 5.69 Å². The maximum absolute atomic E-state index is 13.1. The number of nitrogens with zero attached hydrogens (tertiary/aromatic N) is 3. The Morgan fingerprint density at radius 2 is 1.88 bits per heavy atom. The van der Waals surface area contributed by atoms with E-state index in [1.165, 1.54) is 0 Å². The first-order valence-electron chi connectivity index (χ1n) is 8.81. The van der Waals surface area contributed by atoms with Crippen molar-refractivity contribution < 1.29 is 9.53 Å². The van der Waals surface area contributed by atoms with Crippen molar-refractivity contribution in [2.24, 2.45) is 7.05 Å². The minimum Gasteiger partial charge on any atom is -0.360 e. The van der Waals surface area contributed by atoms with Crippen LogP contribution < -0.4 is 4.90 Å². The Balaban J connectivity index is 1.44. The van der Waals surface area contributed by atoms with Crippen molar-refractivity contribution in [2.75, 3.05) is 11.5 Å². The molecule has 2 aromatic carbocycles. The number of aryl methyl sites for hydroxylation is 1. The van der Waals surface area contributed by atoms with Crippen molar-refractivity contribution in [2.45, 2.75) is 18.6 Å². The summed E-state index contributed by atoms with van der Waals surface area (Å²) in [7, 11) is 1.91. The topological polar surface area (TPSA) is 47.4 Å². The Hall–Kier alpha value is -2.92. The van der Waals surface area contributed by atoms with Crippen LogP contribution in [0, 0.1) is 0 Å². The number of carbonyl (C=O) groups is 1. The first-order valence-corrected chi connectivity index (χ1v) is 8.81. The Morgan fingerprint density at radius 3 is 2.54 bits per heavy atom. The molecule has 0 radical (unpaired) electrons. The van der Waals surface area contributed by atoms with Gasteiger partial charge in [0.1, 0.15) is 0 Å². The van der Waals surface area contributed by atoms with Gasteiger partial charge in [0, 0.05) is 30.8 Å². The Labute approximate surface area is 151 Å². The number of amides is 1. The second-order valence-corrected chi connectivity index (χ2v) is 6.93. The zero-order valence-electron chi connectivity index (χ0n) is 14.6. The van der Waals surface area contributed by atoms with Gasteiger partial charge in [-0.15, -0.1) is 0 Å². The molecule has 1 amide bonds. The molecule has 26 heavy (non-hydrogen) atoms. The highest BCUT2D eigenvalue weighted by Gasteiger charge is 2.56. The molecular formula is C21H19N3O2. The lowest BCUT2D eigenvalue weighted by Crippen LogP contribution is -2.49. The average Bonchev–Trinajstić information content (AvgIpc) is 3.16. The van der Waals surface area contributed by atoms with Gasteiger partial charge in [-0.05, 0) is 17.2 Å². The maximum Gasteiger partial charge on any atom is 0.264 e. The second-order valence-electron chi connectivity index (χ2n) is 6.93. The third kappa shape index (κ3) is 2.14. The Morgan fingerprint density at radius 1 is 1.12 bits per heavy atom. The smallest absolute Gasteiger partial charge is 0.264 e. The van der Waals surface area contributed by atoms with Gasteiger partial charge >= 0.3 is 0 Å². The highest BCUT2D eigenvalue weighted by atomic mass is 16.5. The van der Waals surface area contributed by atoms with Crippen molar-refractivity contribution in [3.05, 3.63) is 72.1 Å². The van der Waals surface area contributed by atoms with Crippen molar-refractivity contribution in [1.29, 1.82) is 0 Å². The fourth-order valence-electron chi connectivity index (χ4n) is 3.89. The zero-order valence-corrected chi connectivity index (χ0v) is 14.6. The quantitative estimate of drug-likeness (QED) is 0.732. The molecule has 1 spiro atoms. The van der Waals surface area contributed by atoms with Gasteiger partial charge in [0.25, 0.3) is 5.91 Å². The first-order chi connectivity index (χ1) is 12.7. The number of fused-ring (bicyclic) bond motifs is 2. The van der Waals surface area contributed by atoms with Crippen LogP contribution in [-0.2, 0) is 28.7 Å². The van der Waals surface area contributed by atoms with Crippen molar-refractivity contribution in [3.63, 3.8) is 0 Å². The second kappa shape index (κ2) is 5.54. The standard InChI is InChI=1S/C21H19N3O2/c1-23-14-17(12-22-23)16-8-6-15(7-9-16)13-24-19-5-3-2-4-18(19)21(20(24)25)10-11-26-21/h2-9,12,14H,10-11,13H2,1H3. The number of hydrogen-bond donors (Lipinski definition) is 0. The predicted octanol–water partition coefficient (Wildman–Crippen LogP) is 3.25. The summed E-state index contributed by atoms with van der Waals surface area (Å²) in [5, 5.41) is 4.22. The van der Waals surface area contributed by atoms with Crippen LogP contribution in [-0.4, -0.2) is 22.3 Å². The van der Waals surface area contributed by atoms with E-state index in [0.717, 1.165) is 34.4 Å². The van der Waals surface area contributed by atoms with Crippen molar-refractivity contribution >= 4 is 11.6 Å². The maximum atomic E-state index is 13.1. The number of rotatable bonds is 3. The van der Waals surface area contributed by atoms with E-state index in [-0.39, 0.29) is 5.91 Å². The molecule has 1 unspecified atom stereocenters. The molecule has 1 saturated heterocycles. The fourth-order valence-corrected chi connectivity index (χ4v) is 3.89. The molecule has 0 bridgehead atoms. The van der Waals surface area contributed by atoms with Crippen LogP contribution in [0.3, 0.4) is 0 Å². The molecule has 130 valence electrons. The van der Waals surface area contributed by atoms with Crippen LogP contribution >= 0.6 is 0 Å². The van der Waals surface area contributed by atoms with Crippen LogP contribution in [0.15, 0.2) is 60.9 Å². The molecule has 0 N–H and O–H groups in total. The van der Waals surface area contributed by atoms with Crippen molar-refractivity contribution in [3.8, 4) is 11.1 Å². The number of para-hydroxylation sites is 1. The van der Waals surface area contributed by atoms with E-state index >= 15 is 0 Å². The number of hydrogen-bond acceptors (Lipinski definition) is 3.